The summed E-state index contributed by atoms with van der Waals surface area (Å²) in [5.41, 5.74) is 6.23. The Morgan fingerprint density at radius 1 is 1.27 bits per heavy atom. The molecule has 0 aliphatic carbocycles. The summed E-state index contributed by atoms with van der Waals surface area (Å²) in [5, 5.41) is 9.89. The van der Waals surface area contributed by atoms with Crippen LogP contribution in [0.5, 0.6) is 0 Å². The Kier molecular flexibility index (Phi) is 5.95. The minimum Gasteiger partial charge on any atom is -0.381 e. The number of anilines is 1. The maximum Gasteiger partial charge on any atom is 0.259 e. The number of rotatable bonds is 5. The van der Waals surface area contributed by atoms with Crippen LogP contribution in [0.2, 0.25) is 0 Å². The van der Waals surface area contributed by atoms with Crippen molar-refractivity contribution in [2.75, 3.05) is 58.2 Å². The van der Waals surface area contributed by atoms with Gasteiger partial charge in [0.2, 0.25) is 10.0 Å². The molecule has 1 amide bonds. The average molecular weight is 483 g/mol. The summed E-state index contributed by atoms with van der Waals surface area (Å²) in [5.74, 6) is -1.03. The largest absolute Gasteiger partial charge is 0.381 e. The number of nitrogens with two attached hydrogens (primary N) is 1. The zero-order valence-corrected chi connectivity index (χ0v) is 18.8. The highest BCUT2D eigenvalue weighted by atomic mass is 32.2. The molecule has 2 aromatic rings. The molecular weight excluding hydrogens is 455 g/mol. The molecule has 3 saturated heterocycles. The number of fused-ring (bicyclic) bond motifs is 1. The minimum absolute atomic E-state index is 0.0234. The second kappa shape index (κ2) is 8.76. The first-order valence-electron chi connectivity index (χ1n) is 11.0. The number of halogens is 1. The highest BCUT2D eigenvalue weighted by molar-refractivity contribution is 7.89. The summed E-state index contributed by atoms with van der Waals surface area (Å²) in [6.45, 7) is 3.90. The van der Waals surface area contributed by atoms with Crippen molar-refractivity contribution in [1.29, 1.82) is 0 Å². The van der Waals surface area contributed by atoms with Gasteiger partial charge in [-0.3, -0.25) is 9.69 Å². The summed E-state index contributed by atoms with van der Waals surface area (Å²) in [6, 6.07) is -0.176. The molecule has 33 heavy (non-hydrogen) atoms. The normalized spacial score (nSPS) is 25.7. The molecule has 4 N–H and O–H groups in total. The van der Waals surface area contributed by atoms with Crippen molar-refractivity contribution in [2.24, 2.45) is 0 Å². The van der Waals surface area contributed by atoms with Crippen LogP contribution in [-0.4, -0.2) is 108 Å². The van der Waals surface area contributed by atoms with Crippen LogP contribution in [-0.2, 0) is 14.8 Å². The van der Waals surface area contributed by atoms with Crippen molar-refractivity contribution < 1.29 is 22.3 Å². The van der Waals surface area contributed by atoms with Gasteiger partial charge in [-0.2, -0.15) is 4.31 Å². The van der Waals surface area contributed by atoms with E-state index in [0.29, 0.717) is 32.7 Å². The number of hydrogen-bond acceptors (Lipinski definition) is 9. The molecule has 14 heteroatoms. The molecule has 0 radical (unpaired) electrons. The zero-order valence-electron chi connectivity index (χ0n) is 18.0. The van der Waals surface area contributed by atoms with E-state index < -0.39 is 27.0 Å². The quantitative estimate of drug-likeness (QED) is 0.452. The Bertz CT molecular complexity index is 1150. The minimum atomic E-state index is -3.33. The van der Waals surface area contributed by atoms with Crippen molar-refractivity contribution in [1.82, 2.24) is 34.4 Å². The number of carbonyl (C=O) groups excluding carboxylic acids is 1. The third kappa shape index (κ3) is 4.17. The number of piperazine rings is 1. The molecule has 180 valence electrons. The number of hydrogen-bond donors (Lipinski definition) is 3. The van der Waals surface area contributed by atoms with Crippen molar-refractivity contribution in [3.8, 4) is 0 Å². The lowest BCUT2D eigenvalue weighted by molar-refractivity contribution is 0.0367. The Morgan fingerprint density at radius 2 is 2.03 bits per heavy atom. The van der Waals surface area contributed by atoms with Crippen molar-refractivity contribution >= 4 is 27.4 Å². The SMILES string of the molecule is Nc1nn2cc(F)cnc2c1C(=O)NC1CNCCC1N1CCN(S(=O)(=O)C2COC2)CC1. The van der Waals surface area contributed by atoms with Gasteiger partial charge in [0.05, 0.1) is 31.6 Å². The van der Waals surface area contributed by atoms with Gasteiger partial charge in [-0.25, -0.2) is 22.3 Å². The number of carbonyl (C=O) groups is 1. The van der Waals surface area contributed by atoms with Crippen LogP contribution >= 0.6 is 0 Å². The number of ether oxygens (including phenoxy) is 1. The lowest BCUT2D eigenvalue weighted by Crippen LogP contribution is -2.63. The van der Waals surface area contributed by atoms with Gasteiger partial charge < -0.3 is 21.1 Å². The highest BCUT2D eigenvalue weighted by Gasteiger charge is 2.40. The molecular formula is C19H27FN8O4S. The molecule has 12 nitrogen and oxygen atoms in total. The van der Waals surface area contributed by atoms with Crippen LogP contribution in [0.15, 0.2) is 12.4 Å². The fourth-order valence-corrected chi connectivity index (χ4v) is 6.33. The zero-order chi connectivity index (χ0) is 23.2. The number of piperidine rings is 1. The molecule has 5 rings (SSSR count). The lowest BCUT2D eigenvalue weighted by atomic mass is 9.98. The van der Waals surface area contributed by atoms with Crippen molar-refractivity contribution in [3.63, 3.8) is 0 Å². The number of nitrogens with zero attached hydrogens (tertiary/aromatic N) is 5. The third-order valence-electron chi connectivity index (χ3n) is 6.59. The van der Waals surface area contributed by atoms with Gasteiger partial charge in [-0.05, 0) is 13.0 Å². The summed E-state index contributed by atoms with van der Waals surface area (Å²) in [4.78, 5) is 19.3. The van der Waals surface area contributed by atoms with Crippen molar-refractivity contribution in [3.05, 3.63) is 23.8 Å². The summed E-state index contributed by atoms with van der Waals surface area (Å²) in [6.07, 6.45) is 2.94. The lowest BCUT2D eigenvalue weighted by Gasteiger charge is -2.45. The van der Waals surface area contributed by atoms with Crippen LogP contribution in [0.1, 0.15) is 16.8 Å². The molecule has 0 aromatic carbocycles. The van der Waals surface area contributed by atoms with Gasteiger partial charge in [0, 0.05) is 38.8 Å². The first-order chi connectivity index (χ1) is 15.8. The van der Waals surface area contributed by atoms with Gasteiger partial charge in [-0.1, -0.05) is 0 Å². The molecule has 0 saturated carbocycles. The number of nitrogen functional groups attached to an aromatic ring is 1. The van der Waals surface area contributed by atoms with E-state index in [1.165, 1.54) is 0 Å². The second-order valence-electron chi connectivity index (χ2n) is 8.58. The van der Waals surface area contributed by atoms with Crippen LogP contribution < -0.4 is 16.4 Å². The monoisotopic (exact) mass is 482 g/mol. The molecule has 0 spiro atoms. The molecule has 2 unspecified atom stereocenters. The summed E-state index contributed by atoms with van der Waals surface area (Å²) in [7, 11) is -3.33. The Morgan fingerprint density at radius 3 is 2.73 bits per heavy atom. The molecule has 3 fully saturated rings. The van der Waals surface area contributed by atoms with Gasteiger partial charge in [-0.15, -0.1) is 5.10 Å². The van der Waals surface area contributed by atoms with Crippen LogP contribution in [0.3, 0.4) is 0 Å². The second-order valence-corrected chi connectivity index (χ2v) is 10.8. The molecule has 2 atom stereocenters. The Labute approximate surface area is 190 Å². The van der Waals surface area contributed by atoms with E-state index in [9.17, 15) is 17.6 Å². The van der Waals surface area contributed by atoms with E-state index in [1.54, 1.807) is 4.31 Å². The van der Waals surface area contributed by atoms with Crippen molar-refractivity contribution in [2.45, 2.75) is 23.8 Å². The molecule has 2 aromatic heterocycles. The number of sulfonamides is 1. The highest BCUT2D eigenvalue weighted by Crippen LogP contribution is 2.22. The fraction of sp³-hybridized carbons (Fsp3) is 0.632. The van der Waals surface area contributed by atoms with E-state index in [0.717, 1.165) is 29.9 Å². The Hall–Kier alpha value is -2.39. The van der Waals surface area contributed by atoms with Gasteiger partial charge in [0.1, 0.15) is 10.8 Å². The van der Waals surface area contributed by atoms with Gasteiger partial charge >= 0.3 is 0 Å². The van der Waals surface area contributed by atoms with E-state index in [2.05, 4.69) is 25.6 Å². The average Bonchev–Trinajstić information content (AvgIpc) is 3.07. The molecule has 3 aliphatic heterocycles. The molecule has 0 bridgehead atoms. The number of amides is 1. The summed E-state index contributed by atoms with van der Waals surface area (Å²) >= 11 is 0. The van der Waals surface area contributed by atoms with Gasteiger partial charge in [0.25, 0.3) is 5.91 Å². The predicted octanol–water partition coefficient (Wildman–Crippen LogP) is -1.74. The first-order valence-corrected chi connectivity index (χ1v) is 12.5. The van der Waals surface area contributed by atoms with E-state index in [4.69, 9.17) is 10.5 Å². The van der Waals surface area contributed by atoms with Gasteiger partial charge in [0.15, 0.2) is 17.3 Å². The number of nitrogens with one attached hydrogen (secondary N) is 2. The van der Waals surface area contributed by atoms with E-state index >= 15 is 0 Å². The number of aromatic nitrogens is 3. The summed E-state index contributed by atoms with van der Waals surface area (Å²) < 4.78 is 46.5. The van der Waals surface area contributed by atoms with E-state index in [1.807, 2.05) is 0 Å². The maximum atomic E-state index is 13.5. The third-order valence-corrected chi connectivity index (χ3v) is 8.79. The fourth-order valence-electron chi connectivity index (χ4n) is 4.70. The molecule has 5 heterocycles. The maximum absolute atomic E-state index is 13.5. The van der Waals surface area contributed by atoms with Crippen LogP contribution in [0.25, 0.3) is 5.65 Å². The predicted molar refractivity (Wildman–Crippen MR) is 117 cm³/mol. The van der Waals surface area contributed by atoms with E-state index in [-0.39, 0.29) is 42.3 Å². The smallest absolute Gasteiger partial charge is 0.259 e. The standard InChI is InChI=1S/C19H27FN8O4S/c20-12-7-23-18-16(17(21)25-28(18)9-12)19(29)24-14-8-22-2-1-15(14)26-3-5-27(6-4-26)33(30,31)13-10-32-11-13/h7,9,13-15,22H,1-6,8,10-11H2,(H2,21,25)(H,24,29). The molecule has 3 aliphatic rings. The van der Waals surface area contributed by atoms with Crippen LogP contribution in [0.4, 0.5) is 10.2 Å². The Balaban J connectivity index is 1.27. The topological polar surface area (TPSA) is 147 Å². The van der Waals surface area contributed by atoms with Crippen LogP contribution in [0, 0.1) is 5.82 Å². The first kappa shape index (κ1) is 22.4.